The van der Waals surface area contributed by atoms with Gasteiger partial charge in [0.1, 0.15) is 0 Å². The molecule has 0 bridgehead atoms. The summed E-state index contributed by atoms with van der Waals surface area (Å²) in [6.07, 6.45) is 4.02. The van der Waals surface area contributed by atoms with Crippen molar-refractivity contribution in [3.05, 3.63) is 29.8 Å². The molecule has 3 aliphatic rings. The minimum absolute atomic E-state index is 0.0631. The number of hydrogen-bond acceptors (Lipinski definition) is 2. The smallest absolute Gasteiger partial charge is 0.238 e. The van der Waals surface area contributed by atoms with Gasteiger partial charge in [-0.25, -0.2) is 0 Å². The van der Waals surface area contributed by atoms with E-state index in [1.165, 1.54) is 6.42 Å². The Morgan fingerprint density at radius 3 is 2.80 bits per heavy atom. The van der Waals surface area contributed by atoms with Crippen LogP contribution in [0.25, 0.3) is 0 Å². The Balaban J connectivity index is 1.63. The summed E-state index contributed by atoms with van der Waals surface area (Å²) < 4.78 is 0. The largest absolute Gasteiger partial charge is 0.353 e. The van der Waals surface area contributed by atoms with E-state index in [0.29, 0.717) is 12.5 Å². The first-order chi connectivity index (χ1) is 9.64. The highest BCUT2D eigenvalue weighted by Crippen LogP contribution is 2.61. The normalized spacial score (nSPS) is 31.1. The molecule has 2 unspecified atom stereocenters. The van der Waals surface area contributed by atoms with Gasteiger partial charge in [0, 0.05) is 18.8 Å². The Bertz CT molecular complexity index is 608. The highest BCUT2D eigenvalue weighted by Gasteiger charge is 2.69. The summed E-state index contributed by atoms with van der Waals surface area (Å²) in [5.41, 5.74) is 1.41. The zero-order chi connectivity index (χ0) is 13.9. The van der Waals surface area contributed by atoms with Crippen molar-refractivity contribution in [2.45, 2.75) is 37.1 Å². The molecule has 0 aromatic heterocycles. The number of fused-ring (bicyclic) bond motifs is 2. The Morgan fingerprint density at radius 2 is 2.10 bits per heavy atom. The van der Waals surface area contributed by atoms with E-state index >= 15 is 0 Å². The van der Waals surface area contributed by atoms with Gasteiger partial charge >= 0.3 is 0 Å². The van der Waals surface area contributed by atoms with Gasteiger partial charge in [-0.05, 0) is 37.3 Å². The quantitative estimate of drug-likeness (QED) is 0.887. The first kappa shape index (κ1) is 11.9. The second-order valence-corrected chi connectivity index (χ2v) is 6.25. The molecule has 2 atom stereocenters. The van der Waals surface area contributed by atoms with E-state index in [1.54, 1.807) is 11.9 Å². The molecular weight excluding hydrogens is 252 g/mol. The maximum Gasteiger partial charge on any atom is 0.238 e. The monoisotopic (exact) mass is 270 g/mol. The molecule has 2 amide bonds. The maximum atomic E-state index is 12.6. The summed E-state index contributed by atoms with van der Waals surface area (Å²) in [4.78, 5) is 26.6. The van der Waals surface area contributed by atoms with Gasteiger partial charge in [0.05, 0.1) is 11.3 Å². The molecule has 0 saturated heterocycles. The minimum Gasteiger partial charge on any atom is -0.353 e. The predicted octanol–water partition coefficient (Wildman–Crippen LogP) is 1.59. The molecule has 2 saturated carbocycles. The average Bonchev–Trinajstić information content (AvgIpc) is 3.13. The van der Waals surface area contributed by atoms with Gasteiger partial charge in [-0.2, -0.15) is 0 Å². The van der Waals surface area contributed by atoms with Crippen LogP contribution < -0.4 is 10.2 Å². The van der Waals surface area contributed by atoms with E-state index in [-0.39, 0.29) is 17.7 Å². The Labute approximate surface area is 118 Å². The molecule has 2 aliphatic carbocycles. The Hall–Kier alpha value is -1.84. The molecule has 4 heteroatoms. The molecule has 1 N–H and O–H groups in total. The van der Waals surface area contributed by atoms with E-state index < -0.39 is 5.41 Å². The molecule has 20 heavy (non-hydrogen) atoms. The highest BCUT2D eigenvalue weighted by atomic mass is 16.2. The van der Waals surface area contributed by atoms with Gasteiger partial charge in [0.25, 0.3) is 0 Å². The third-order valence-electron chi connectivity index (χ3n) is 5.16. The van der Waals surface area contributed by atoms with E-state index in [4.69, 9.17) is 0 Å². The standard InChI is InChI=1S/C16H18N2O2/c1-18-13-8-3-2-7-11(13)16(15(18)20)9-12(16)14(19)17-10-5-4-6-10/h2-3,7-8,10,12H,4-6,9H2,1H3,(H,17,19). The van der Waals surface area contributed by atoms with E-state index in [2.05, 4.69) is 5.32 Å². The number of para-hydroxylation sites is 1. The van der Waals surface area contributed by atoms with Gasteiger partial charge in [0.15, 0.2) is 0 Å². The minimum atomic E-state index is -0.570. The van der Waals surface area contributed by atoms with Crippen molar-refractivity contribution < 1.29 is 9.59 Å². The van der Waals surface area contributed by atoms with Crippen molar-refractivity contribution in [2.24, 2.45) is 5.92 Å². The zero-order valence-electron chi connectivity index (χ0n) is 11.6. The van der Waals surface area contributed by atoms with E-state index in [0.717, 1.165) is 24.1 Å². The Kier molecular flexibility index (Phi) is 2.29. The predicted molar refractivity (Wildman–Crippen MR) is 75.4 cm³/mol. The second kappa shape index (κ2) is 3.84. The van der Waals surface area contributed by atoms with E-state index in [9.17, 15) is 9.59 Å². The van der Waals surface area contributed by atoms with Crippen molar-refractivity contribution >= 4 is 17.5 Å². The fourth-order valence-electron chi connectivity index (χ4n) is 3.64. The number of likely N-dealkylation sites (N-methyl/N-ethyl adjacent to an activating group) is 1. The summed E-state index contributed by atoms with van der Waals surface area (Å²) in [6.45, 7) is 0. The van der Waals surface area contributed by atoms with Crippen LogP contribution in [0.2, 0.25) is 0 Å². The third kappa shape index (κ3) is 1.37. The van der Waals surface area contributed by atoms with Crippen molar-refractivity contribution in [3.8, 4) is 0 Å². The van der Waals surface area contributed by atoms with Crippen LogP contribution in [0.5, 0.6) is 0 Å². The number of hydrogen-bond donors (Lipinski definition) is 1. The number of nitrogens with zero attached hydrogens (tertiary/aromatic N) is 1. The van der Waals surface area contributed by atoms with Gasteiger partial charge in [0.2, 0.25) is 11.8 Å². The number of nitrogens with one attached hydrogen (secondary N) is 1. The third-order valence-corrected chi connectivity index (χ3v) is 5.16. The van der Waals surface area contributed by atoms with Gasteiger partial charge < -0.3 is 10.2 Å². The average molecular weight is 270 g/mol. The van der Waals surface area contributed by atoms with Gasteiger partial charge in [-0.15, -0.1) is 0 Å². The second-order valence-electron chi connectivity index (χ2n) is 6.25. The molecule has 1 spiro atoms. The lowest BCUT2D eigenvalue weighted by Gasteiger charge is -2.26. The van der Waals surface area contributed by atoms with Crippen LogP contribution in [0.3, 0.4) is 0 Å². The summed E-state index contributed by atoms with van der Waals surface area (Å²) in [6, 6.07) is 8.18. The van der Waals surface area contributed by atoms with Crippen LogP contribution in [0.1, 0.15) is 31.2 Å². The lowest BCUT2D eigenvalue weighted by molar-refractivity contribution is -0.127. The molecular formula is C16H18N2O2. The topological polar surface area (TPSA) is 49.4 Å². The first-order valence-corrected chi connectivity index (χ1v) is 7.32. The fraction of sp³-hybridized carbons (Fsp3) is 0.500. The number of rotatable bonds is 2. The van der Waals surface area contributed by atoms with Crippen LogP contribution in [-0.2, 0) is 15.0 Å². The fourth-order valence-corrected chi connectivity index (χ4v) is 3.64. The molecule has 4 nitrogen and oxygen atoms in total. The summed E-state index contributed by atoms with van der Waals surface area (Å²) in [5.74, 6) is -0.0395. The lowest BCUT2D eigenvalue weighted by Crippen LogP contribution is -2.42. The molecule has 104 valence electrons. The molecule has 4 rings (SSSR count). The summed E-state index contributed by atoms with van der Waals surface area (Å²) in [7, 11) is 1.80. The molecule has 1 aromatic carbocycles. The molecule has 1 aromatic rings. The number of carbonyl (C=O) groups excluding carboxylic acids is 2. The summed E-state index contributed by atoms with van der Waals surface area (Å²) >= 11 is 0. The molecule has 0 radical (unpaired) electrons. The number of anilines is 1. The van der Waals surface area contributed by atoms with Gasteiger partial charge in [-0.1, -0.05) is 18.2 Å². The summed E-state index contributed by atoms with van der Waals surface area (Å²) in [5, 5.41) is 3.09. The zero-order valence-corrected chi connectivity index (χ0v) is 11.6. The van der Waals surface area contributed by atoms with Crippen LogP contribution in [0, 0.1) is 5.92 Å². The van der Waals surface area contributed by atoms with Crippen molar-refractivity contribution in [3.63, 3.8) is 0 Å². The van der Waals surface area contributed by atoms with E-state index in [1.807, 2.05) is 24.3 Å². The number of benzene rings is 1. The van der Waals surface area contributed by atoms with Crippen molar-refractivity contribution in [1.82, 2.24) is 5.32 Å². The maximum absolute atomic E-state index is 12.6. The van der Waals surface area contributed by atoms with Crippen LogP contribution in [-0.4, -0.2) is 24.9 Å². The SMILES string of the molecule is CN1C(=O)C2(CC2C(=O)NC2CCC2)c2ccccc21. The number of amides is 2. The van der Waals surface area contributed by atoms with Crippen LogP contribution in [0.4, 0.5) is 5.69 Å². The Morgan fingerprint density at radius 1 is 1.35 bits per heavy atom. The first-order valence-electron chi connectivity index (χ1n) is 7.32. The lowest BCUT2D eigenvalue weighted by atomic mass is 9.91. The number of carbonyl (C=O) groups is 2. The van der Waals surface area contributed by atoms with Crippen molar-refractivity contribution in [1.29, 1.82) is 0 Å². The van der Waals surface area contributed by atoms with Gasteiger partial charge in [-0.3, -0.25) is 9.59 Å². The molecule has 1 heterocycles. The van der Waals surface area contributed by atoms with Crippen LogP contribution in [0.15, 0.2) is 24.3 Å². The molecule has 2 fully saturated rings. The van der Waals surface area contributed by atoms with Crippen molar-refractivity contribution in [2.75, 3.05) is 11.9 Å². The van der Waals surface area contributed by atoms with Crippen LogP contribution >= 0.6 is 0 Å². The molecule has 1 aliphatic heterocycles. The highest BCUT2D eigenvalue weighted by molar-refractivity contribution is 6.13.